The molecule has 0 radical (unpaired) electrons. The first-order valence-corrected chi connectivity index (χ1v) is 13.0. The topological polar surface area (TPSA) is 87.2 Å². The Morgan fingerprint density at radius 3 is 2.47 bits per heavy atom. The molecule has 0 saturated heterocycles. The van der Waals surface area contributed by atoms with Gasteiger partial charge >= 0.3 is 0 Å². The van der Waals surface area contributed by atoms with Crippen LogP contribution in [0.15, 0.2) is 47.4 Å². The fraction of sp³-hybridized carbons (Fsp3) is 0.480. The van der Waals surface area contributed by atoms with Crippen LogP contribution in [0.1, 0.15) is 26.7 Å². The van der Waals surface area contributed by atoms with Crippen LogP contribution in [0.3, 0.4) is 0 Å². The zero-order valence-electron chi connectivity index (χ0n) is 19.6. The number of halogens is 1. The molecule has 4 rings (SSSR count). The lowest BCUT2D eigenvalue weighted by Crippen LogP contribution is -2.50. The Morgan fingerprint density at radius 1 is 1.21 bits per heavy atom. The normalized spacial score (nSPS) is 23.2. The second kappa shape index (κ2) is 9.64. The van der Waals surface area contributed by atoms with Gasteiger partial charge in [-0.05, 0) is 55.2 Å². The van der Waals surface area contributed by atoms with Crippen LogP contribution in [-0.2, 0) is 14.8 Å². The summed E-state index contributed by atoms with van der Waals surface area (Å²) in [6.45, 7) is 3.70. The Balaban J connectivity index is 1.76. The van der Waals surface area contributed by atoms with Crippen molar-refractivity contribution in [3.05, 3.63) is 48.3 Å². The molecule has 1 amide bonds. The van der Waals surface area contributed by atoms with E-state index >= 15 is 0 Å². The molecule has 184 valence electrons. The molecule has 7 nitrogen and oxygen atoms in total. The molecule has 0 spiro atoms. The maximum atomic E-state index is 13.6. The smallest absolute Gasteiger partial charge is 0.247 e. The van der Waals surface area contributed by atoms with E-state index in [1.54, 1.807) is 43.1 Å². The maximum Gasteiger partial charge on any atom is 0.247 e. The van der Waals surface area contributed by atoms with Crippen LogP contribution in [-0.4, -0.2) is 67.5 Å². The van der Waals surface area contributed by atoms with Gasteiger partial charge in [0.15, 0.2) is 0 Å². The van der Waals surface area contributed by atoms with Gasteiger partial charge in [-0.1, -0.05) is 25.1 Å². The van der Waals surface area contributed by atoms with Crippen molar-refractivity contribution in [3.8, 4) is 16.9 Å². The predicted molar refractivity (Wildman–Crippen MR) is 126 cm³/mol. The Kier molecular flexibility index (Phi) is 6.98. The Hall–Kier alpha value is -2.49. The molecule has 0 bridgehead atoms. The summed E-state index contributed by atoms with van der Waals surface area (Å²) in [5.74, 6) is -0.287. The Bertz CT molecular complexity index is 1150. The number of aliphatic hydroxyl groups is 1. The summed E-state index contributed by atoms with van der Waals surface area (Å²) in [5.41, 5.74) is 1.41. The third-order valence-electron chi connectivity index (χ3n) is 6.60. The zero-order valence-corrected chi connectivity index (χ0v) is 20.5. The molecule has 2 aromatic carbocycles. The van der Waals surface area contributed by atoms with Crippen LogP contribution in [0.25, 0.3) is 11.1 Å². The average Bonchev–Trinajstić information content (AvgIpc) is 3.66. The van der Waals surface area contributed by atoms with Crippen molar-refractivity contribution in [1.82, 2.24) is 9.21 Å². The van der Waals surface area contributed by atoms with E-state index < -0.39 is 22.2 Å². The molecule has 1 saturated carbocycles. The monoisotopic (exact) mass is 490 g/mol. The second-order valence-electron chi connectivity index (χ2n) is 9.40. The highest BCUT2D eigenvalue weighted by molar-refractivity contribution is 7.89. The molecule has 1 heterocycles. The number of likely N-dealkylation sites (N-methyl/N-ethyl adjacent to an activating group) is 1. The standard InChI is InChI=1S/C25H31FN2O5S/c1-16-13-28(17(2)15-29)34(31,32)24-11-8-20(18-6-9-21(26)10-7-18)12-22(24)33-23(16)14-27(3)25(30)19-4-5-19/h6-12,16-17,19,23,29H,4-5,13-15H2,1-3H3/t16-,17+,23-/m1/s1. The minimum atomic E-state index is -3.96. The van der Waals surface area contributed by atoms with Crippen LogP contribution >= 0.6 is 0 Å². The van der Waals surface area contributed by atoms with Crippen molar-refractivity contribution in [2.75, 3.05) is 26.7 Å². The molecule has 1 fully saturated rings. The zero-order chi connectivity index (χ0) is 24.6. The molecule has 1 aliphatic heterocycles. The number of carbonyl (C=O) groups excluding carboxylic acids is 1. The number of benzene rings is 2. The molecule has 9 heteroatoms. The van der Waals surface area contributed by atoms with E-state index in [9.17, 15) is 22.7 Å². The second-order valence-corrected chi connectivity index (χ2v) is 11.3. The van der Waals surface area contributed by atoms with E-state index in [1.807, 2.05) is 6.92 Å². The van der Waals surface area contributed by atoms with Crippen LogP contribution in [0.4, 0.5) is 4.39 Å². The largest absolute Gasteiger partial charge is 0.487 e. The number of ether oxygens (including phenoxy) is 1. The van der Waals surface area contributed by atoms with Gasteiger partial charge in [-0.3, -0.25) is 4.79 Å². The van der Waals surface area contributed by atoms with E-state index in [1.165, 1.54) is 22.5 Å². The molecular formula is C25H31FN2O5S. The van der Waals surface area contributed by atoms with Gasteiger partial charge in [0.05, 0.1) is 13.2 Å². The van der Waals surface area contributed by atoms with Crippen molar-refractivity contribution in [1.29, 1.82) is 0 Å². The van der Waals surface area contributed by atoms with E-state index in [-0.39, 0.29) is 47.4 Å². The fourth-order valence-electron chi connectivity index (χ4n) is 4.27. The lowest BCUT2D eigenvalue weighted by molar-refractivity contribution is -0.132. The van der Waals surface area contributed by atoms with Gasteiger partial charge in [-0.15, -0.1) is 0 Å². The molecule has 3 atom stereocenters. The number of fused-ring (bicyclic) bond motifs is 1. The molecule has 1 aliphatic carbocycles. The lowest BCUT2D eigenvalue weighted by atomic mass is 10.0. The first-order valence-electron chi connectivity index (χ1n) is 11.6. The summed E-state index contributed by atoms with van der Waals surface area (Å²) in [5, 5.41) is 9.76. The first-order chi connectivity index (χ1) is 16.1. The van der Waals surface area contributed by atoms with Gasteiger partial charge in [0.25, 0.3) is 0 Å². The van der Waals surface area contributed by atoms with Gasteiger partial charge in [0.2, 0.25) is 15.9 Å². The van der Waals surface area contributed by atoms with E-state index in [0.29, 0.717) is 12.1 Å². The first kappa shape index (κ1) is 24.6. The summed E-state index contributed by atoms with van der Waals surface area (Å²) in [6, 6.07) is 10.1. The molecule has 2 aromatic rings. The van der Waals surface area contributed by atoms with E-state index in [0.717, 1.165) is 18.4 Å². The Labute approximate surface area is 200 Å². The summed E-state index contributed by atoms with van der Waals surface area (Å²) in [4.78, 5) is 14.2. The third kappa shape index (κ3) is 4.96. The van der Waals surface area contributed by atoms with E-state index in [4.69, 9.17) is 4.74 Å². The number of rotatable bonds is 6. The van der Waals surface area contributed by atoms with Crippen molar-refractivity contribution >= 4 is 15.9 Å². The SMILES string of the molecule is C[C@@H]1CN([C@@H](C)CO)S(=O)(=O)c2ccc(-c3ccc(F)cc3)cc2O[C@@H]1CN(C)C(=O)C1CC1. The van der Waals surface area contributed by atoms with Crippen LogP contribution < -0.4 is 4.74 Å². The van der Waals surface area contributed by atoms with Gasteiger partial charge < -0.3 is 14.7 Å². The number of amides is 1. The van der Waals surface area contributed by atoms with Crippen molar-refractivity contribution in [2.45, 2.75) is 43.7 Å². The van der Waals surface area contributed by atoms with Crippen LogP contribution in [0.2, 0.25) is 0 Å². The number of sulfonamides is 1. The van der Waals surface area contributed by atoms with Crippen LogP contribution in [0, 0.1) is 17.7 Å². The number of carbonyl (C=O) groups is 1. The fourth-order valence-corrected chi connectivity index (χ4v) is 6.09. The lowest BCUT2D eigenvalue weighted by Gasteiger charge is -2.37. The highest BCUT2D eigenvalue weighted by atomic mass is 32.2. The highest BCUT2D eigenvalue weighted by Crippen LogP contribution is 2.37. The Morgan fingerprint density at radius 2 is 1.85 bits per heavy atom. The number of hydrogen-bond acceptors (Lipinski definition) is 5. The van der Waals surface area contributed by atoms with Crippen molar-refractivity contribution < 1.29 is 27.4 Å². The minimum absolute atomic E-state index is 0.00624. The minimum Gasteiger partial charge on any atom is -0.487 e. The quantitative estimate of drug-likeness (QED) is 0.672. The predicted octanol–water partition coefficient (Wildman–Crippen LogP) is 3.13. The third-order valence-corrected chi connectivity index (χ3v) is 8.62. The average molecular weight is 491 g/mol. The number of hydrogen-bond donors (Lipinski definition) is 1. The molecule has 0 unspecified atom stereocenters. The number of aliphatic hydroxyl groups excluding tert-OH is 1. The number of nitrogens with zero attached hydrogens (tertiary/aromatic N) is 2. The van der Waals surface area contributed by atoms with Gasteiger partial charge in [-0.25, -0.2) is 12.8 Å². The summed E-state index contributed by atoms with van der Waals surface area (Å²) in [6.07, 6.45) is 1.33. The molecular weight excluding hydrogens is 459 g/mol. The molecule has 2 aliphatic rings. The van der Waals surface area contributed by atoms with Crippen molar-refractivity contribution in [2.24, 2.45) is 11.8 Å². The van der Waals surface area contributed by atoms with E-state index in [2.05, 4.69) is 0 Å². The van der Waals surface area contributed by atoms with Gasteiger partial charge in [-0.2, -0.15) is 4.31 Å². The maximum absolute atomic E-state index is 13.6. The summed E-state index contributed by atoms with van der Waals surface area (Å²) < 4.78 is 48.2. The summed E-state index contributed by atoms with van der Waals surface area (Å²) in [7, 11) is -2.21. The van der Waals surface area contributed by atoms with Gasteiger partial charge in [0.1, 0.15) is 22.6 Å². The van der Waals surface area contributed by atoms with Crippen molar-refractivity contribution in [3.63, 3.8) is 0 Å². The van der Waals surface area contributed by atoms with Crippen LogP contribution in [0.5, 0.6) is 5.75 Å². The molecule has 0 aromatic heterocycles. The molecule has 34 heavy (non-hydrogen) atoms. The highest BCUT2D eigenvalue weighted by Gasteiger charge is 2.39. The molecule has 1 N–H and O–H groups in total. The van der Waals surface area contributed by atoms with Gasteiger partial charge in [0, 0.05) is 31.5 Å². The summed E-state index contributed by atoms with van der Waals surface area (Å²) >= 11 is 0.